The quantitative estimate of drug-likeness (QED) is 0.885. The van der Waals surface area contributed by atoms with Crippen LogP contribution in [0.5, 0.6) is 0 Å². The van der Waals surface area contributed by atoms with Crippen LogP contribution in [0.25, 0.3) is 10.8 Å². The lowest BCUT2D eigenvalue weighted by molar-refractivity contribution is 0.168. The van der Waals surface area contributed by atoms with Crippen LogP contribution >= 0.6 is 11.6 Å². The molecule has 0 heterocycles. The first-order valence-corrected chi connectivity index (χ1v) is 5.81. The average Bonchev–Trinajstić information content (AvgIpc) is 2.33. The second-order valence-electron chi connectivity index (χ2n) is 3.64. The summed E-state index contributed by atoms with van der Waals surface area (Å²) in [6.07, 6.45) is -0.569. The third kappa shape index (κ3) is 2.54. The number of carbonyl (C=O) groups is 1. The summed E-state index contributed by atoms with van der Waals surface area (Å²) in [4.78, 5) is 11.3. The van der Waals surface area contributed by atoms with Gasteiger partial charge in [-0.25, -0.2) is 9.18 Å². The lowest BCUT2D eigenvalue weighted by Gasteiger charge is -2.09. The molecule has 1 N–H and O–H groups in total. The van der Waals surface area contributed by atoms with Crippen molar-refractivity contribution < 1.29 is 13.9 Å². The minimum Gasteiger partial charge on any atom is -0.450 e. The van der Waals surface area contributed by atoms with Crippen molar-refractivity contribution in [3.8, 4) is 0 Å². The summed E-state index contributed by atoms with van der Waals surface area (Å²) in [5.74, 6) is -0.329. The van der Waals surface area contributed by atoms with E-state index >= 15 is 0 Å². The van der Waals surface area contributed by atoms with Crippen molar-refractivity contribution >= 4 is 34.2 Å². The van der Waals surface area contributed by atoms with Crippen molar-refractivity contribution in [2.45, 2.75) is 6.92 Å². The van der Waals surface area contributed by atoms with Crippen LogP contribution < -0.4 is 5.32 Å². The van der Waals surface area contributed by atoms with E-state index in [0.29, 0.717) is 21.5 Å². The fraction of sp³-hybridized carbons (Fsp3) is 0.154. The Labute approximate surface area is 109 Å². The van der Waals surface area contributed by atoms with Gasteiger partial charge in [0, 0.05) is 5.39 Å². The normalized spacial score (nSPS) is 10.4. The number of halogens is 2. The van der Waals surface area contributed by atoms with Gasteiger partial charge in [0.15, 0.2) is 0 Å². The molecule has 0 aliphatic rings. The zero-order valence-corrected chi connectivity index (χ0v) is 10.4. The summed E-state index contributed by atoms with van der Waals surface area (Å²) in [5.41, 5.74) is 0.439. The fourth-order valence-electron chi connectivity index (χ4n) is 1.64. The molecule has 3 nitrogen and oxygen atoms in total. The Bertz CT molecular complexity index is 601. The number of anilines is 1. The van der Waals surface area contributed by atoms with Gasteiger partial charge in [-0.1, -0.05) is 17.7 Å². The molecule has 0 bridgehead atoms. The smallest absolute Gasteiger partial charge is 0.411 e. The van der Waals surface area contributed by atoms with E-state index in [9.17, 15) is 9.18 Å². The van der Waals surface area contributed by atoms with Crippen molar-refractivity contribution in [1.29, 1.82) is 0 Å². The van der Waals surface area contributed by atoms with E-state index in [1.54, 1.807) is 25.1 Å². The summed E-state index contributed by atoms with van der Waals surface area (Å²) in [6, 6.07) is 7.58. The number of benzene rings is 2. The molecule has 0 aliphatic heterocycles. The van der Waals surface area contributed by atoms with E-state index in [0.717, 1.165) is 0 Å². The van der Waals surface area contributed by atoms with Crippen LogP contribution in [0.2, 0.25) is 5.02 Å². The monoisotopic (exact) mass is 267 g/mol. The maximum Gasteiger partial charge on any atom is 0.411 e. The van der Waals surface area contributed by atoms with Crippen LogP contribution in [0.4, 0.5) is 14.9 Å². The summed E-state index contributed by atoms with van der Waals surface area (Å²) in [6.45, 7) is 1.99. The van der Waals surface area contributed by atoms with E-state index in [2.05, 4.69) is 5.32 Å². The van der Waals surface area contributed by atoms with Crippen molar-refractivity contribution in [2.75, 3.05) is 11.9 Å². The molecule has 0 aromatic heterocycles. The highest BCUT2D eigenvalue weighted by Crippen LogP contribution is 2.31. The van der Waals surface area contributed by atoms with E-state index < -0.39 is 6.09 Å². The maximum absolute atomic E-state index is 13.0. The van der Waals surface area contributed by atoms with Crippen LogP contribution in [0.1, 0.15) is 6.92 Å². The van der Waals surface area contributed by atoms with Crippen molar-refractivity contribution in [1.82, 2.24) is 0 Å². The van der Waals surface area contributed by atoms with Crippen LogP contribution in [-0.2, 0) is 4.74 Å². The minimum atomic E-state index is -0.569. The van der Waals surface area contributed by atoms with E-state index in [1.165, 1.54) is 12.1 Å². The molecule has 2 aromatic carbocycles. The predicted molar refractivity (Wildman–Crippen MR) is 69.6 cm³/mol. The van der Waals surface area contributed by atoms with E-state index in [-0.39, 0.29) is 12.4 Å². The Balaban J connectivity index is 2.39. The number of ether oxygens (including phenoxy) is 1. The maximum atomic E-state index is 13.0. The summed E-state index contributed by atoms with van der Waals surface area (Å²) in [7, 11) is 0. The van der Waals surface area contributed by atoms with Gasteiger partial charge in [-0.15, -0.1) is 0 Å². The average molecular weight is 268 g/mol. The number of hydrogen-bond donors (Lipinski definition) is 1. The summed E-state index contributed by atoms with van der Waals surface area (Å²) in [5, 5.41) is 4.24. The van der Waals surface area contributed by atoms with Crippen LogP contribution in [0.15, 0.2) is 30.3 Å². The minimum absolute atomic E-state index is 0.280. The lowest BCUT2D eigenvalue weighted by Crippen LogP contribution is -2.13. The number of amides is 1. The lowest BCUT2D eigenvalue weighted by atomic mass is 10.1. The number of carbonyl (C=O) groups excluding carboxylic acids is 1. The van der Waals surface area contributed by atoms with Crippen LogP contribution in [0, 0.1) is 5.82 Å². The Morgan fingerprint density at radius 2 is 2.17 bits per heavy atom. The van der Waals surface area contributed by atoms with Gasteiger partial charge < -0.3 is 4.74 Å². The van der Waals surface area contributed by atoms with Gasteiger partial charge in [0.1, 0.15) is 5.82 Å². The molecule has 0 spiro atoms. The SMILES string of the molecule is CCOC(=O)Nc1ccc2cc(F)ccc2c1Cl. The van der Waals surface area contributed by atoms with Crippen molar-refractivity contribution in [3.05, 3.63) is 41.2 Å². The first-order valence-electron chi connectivity index (χ1n) is 5.43. The summed E-state index contributed by atoms with van der Waals surface area (Å²) < 4.78 is 17.8. The third-order valence-electron chi connectivity index (χ3n) is 2.43. The number of nitrogens with one attached hydrogen (secondary N) is 1. The number of rotatable bonds is 2. The second kappa shape index (κ2) is 5.23. The molecule has 94 valence electrons. The Kier molecular flexibility index (Phi) is 3.67. The van der Waals surface area contributed by atoms with Gasteiger partial charge in [0.05, 0.1) is 17.3 Å². The molecule has 0 saturated heterocycles. The highest BCUT2D eigenvalue weighted by atomic mass is 35.5. The molecule has 0 aliphatic carbocycles. The molecule has 0 unspecified atom stereocenters. The first-order chi connectivity index (χ1) is 8.61. The number of hydrogen-bond acceptors (Lipinski definition) is 2. The fourth-order valence-corrected chi connectivity index (χ4v) is 1.92. The standard InChI is InChI=1S/C13H11ClFNO2/c1-2-18-13(17)16-11-6-3-8-7-9(15)4-5-10(8)12(11)14/h3-7H,2H2,1H3,(H,16,17). The van der Waals surface area contributed by atoms with Crippen molar-refractivity contribution in [2.24, 2.45) is 0 Å². The number of fused-ring (bicyclic) bond motifs is 1. The van der Waals surface area contributed by atoms with Gasteiger partial charge >= 0.3 is 6.09 Å². The molecule has 2 rings (SSSR count). The van der Waals surface area contributed by atoms with Gasteiger partial charge in [-0.2, -0.15) is 0 Å². The topological polar surface area (TPSA) is 38.3 Å². The predicted octanol–water partition coefficient (Wildman–Crippen LogP) is 4.20. The highest BCUT2D eigenvalue weighted by molar-refractivity contribution is 6.38. The molecule has 0 radical (unpaired) electrons. The molecule has 5 heteroatoms. The zero-order valence-electron chi connectivity index (χ0n) is 9.67. The molecular weight excluding hydrogens is 257 g/mol. The van der Waals surface area contributed by atoms with Gasteiger partial charge in [-0.3, -0.25) is 5.32 Å². The van der Waals surface area contributed by atoms with Crippen LogP contribution in [0.3, 0.4) is 0 Å². The summed E-state index contributed by atoms with van der Waals surface area (Å²) >= 11 is 6.15. The van der Waals surface area contributed by atoms with Gasteiger partial charge in [0.2, 0.25) is 0 Å². The molecule has 2 aromatic rings. The Morgan fingerprint density at radius 1 is 1.39 bits per heavy atom. The van der Waals surface area contributed by atoms with Gasteiger partial charge in [0.25, 0.3) is 0 Å². The van der Waals surface area contributed by atoms with Crippen molar-refractivity contribution in [3.63, 3.8) is 0 Å². The Hall–Kier alpha value is -1.81. The highest BCUT2D eigenvalue weighted by Gasteiger charge is 2.09. The van der Waals surface area contributed by atoms with E-state index in [1.807, 2.05) is 0 Å². The Morgan fingerprint density at radius 3 is 2.89 bits per heavy atom. The van der Waals surface area contributed by atoms with Crippen LogP contribution in [-0.4, -0.2) is 12.7 Å². The molecule has 0 saturated carbocycles. The van der Waals surface area contributed by atoms with Gasteiger partial charge in [-0.05, 0) is 36.6 Å². The third-order valence-corrected chi connectivity index (χ3v) is 2.84. The molecule has 0 atom stereocenters. The molecular formula is C13H11ClFNO2. The second-order valence-corrected chi connectivity index (χ2v) is 4.02. The first kappa shape index (κ1) is 12.6. The largest absolute Gasteiger partial charge is 0.450 e. The van der Waals surface area contributed by atoms with E-state index in [4.69, 9.17) is 16.3 Å². The zero-order chi connectivity index (χ0) is 13.1. The molecule has 1 amide bonds. The molecule has 18 heavy (non-hydrogen) atoms. The molecule has 0 fully saturated rings.